The van der Waals surface area contributed by atoms with Crippen LogP contribution in [0.15, 0.2) is 54.6 Å². The lowest BCUT2D eigenvalue weighted by molar-refractivity contribution is -0.138. The molecule has 23 heavy (non-hydrogen) atoms. The second-order valence-electron chi connectivity index (χ2n) is 5.28. The topological polar surface area (TPSA) is 66.8 Å². The average molecular weight is 313 g/mol. The van der Waals surface area contributed by atoms with Crippen LogP contribution in [-0.4, -0.2) is 28.6 Å². The van der Waals surface area contributed by atoms with Crippen molar-refractivity contribution in [2.45, 2.75) is 20.1 Å². The van der Waals surface area contributed by atoms with Gasteiger partial charge in [0.1, 0.15) is 13.2 Å². The van der Waals surface area contributed by atoms with E-state index in [1.807, 2.05) is 61.5 Å². The van der Waals surface area contributed by atoms with E-state index >= 15 is 0 Å². The molecule has 0 aliphatic heterocycles. The summed E-state index contributed by atoms with van der Waals surface area (Å²) in [6, 6.07) is 16.9. The number of hydrogen-bond donors (Lipinski definition) is 1. The van der Waals surface area contributed by atoms with E-state index in [0.29, 0.717) is 0 Å². The van der Waals surface area contributed by atoms with Crippen LogP contribution in [0.3, 0.4) is 0 Å². The Hall–Kier alpha value is -2.82. The fraction of sp³-hybridized carbons (Fsp3) is 0.222. The third-order valence-electron chi connectivity index (χ3n) is 3.25. The van der Waals surface area contributed by atoms with Crippen molar-refractivity contribution < 1.29 is 19.4 Å². The molecule has 5 heteroatoms. The molecule has 0 aliphatic rings. The van der Waals surface area contributed by atoms with E-state index in [1.165, 1.54) is 4.90 Å². The van der Waals surface area contributed by atoms with Gasteiger partial charge in [0, 0.05) is 6.54 Å². The van der Waals surface area contributed by atoms with E-state index in [-0.39, 0.29) is 13.2 Å². The number of amides is 1. The lowest BCUT2D eigenvalue weighted by Gasteiger charge is -2.20. The van der Waals surface area contributed by atoms with Gasteiger partial charge in [0.15, 0.2) is 0 Å². The molecule has 5 nitrogen and oxygen atoms in total. The second-order valence-corrected chi connectivity index (χ2v) is 5.28. The molecule has 0 radical (unpaired) electrons. The molecule has 2 rings (SSSR count). The van der Waals surface area contributed by atoms with E-state index in [0.717, 1.165) is 16.7 Å². The normalized spacial score (nSPS) is 10.1. The minimum absolute atomic E-state index is 0.115. The molecule has 0 spiro atoms. The molecule has 2 aromatic carbocycles. The summed E-state index contributed by atoms with van der Waals surface area (Å²) < 4.78 is 5.22. The number of hydrogen-bond acceptors (Lipinski definition) is 3. The fourth-order valence-electron chi connectivity index (χ4n) is 2.19. The quantitative estimate of drug-likeness (QED) is 0.889. The van der Waals surface area contributed by atoms with Crippen molar-refractivity contribution >= 4 is 12.1 Å². The van der Waals surface area contributed by atoms with Gasteiger partial charge < -0.3 is 9.84 Å². The molecule has 120 valence electrons. The third-order valence-corrected chi connectivity index (χ3v) is 3.25. The number of carbonyl (C=O) groups excluding carboxylic acids is 1. The van der Waals surface area contributed by atoms with Gasteiger partial charge >= 0.3 is 12.1 Å². The van der Waals surface area contributed by atoms with E-state index < -0.39 is 18.6 Å². The van der Waals surface area contributed by atoms with Crippen molar-refractivity contribution in [2.75, 3.05) is 6.54 Å². The Labute approximate surface area is 135 Å². The van der Waals surface area contributed by atoms with Crippen molar-refractivity contribution in [1.29, 1.82) is 0 Å². The molecule has 0 unspecified atom stereocenters. The summed E-state index contributed by atoms with van der Waals surface area (Å²) in [7, 11) is 0. The van der Waals surface area contributed by atoms with Gasteiger partial charge in [0.2, 0.25) is 0 Å². The zero-order valence-corrected chi connectivity index (χ0v) is 12.9. The van der Waals surface area contributed by atoms with E-state index in [4.69, 9.17) is 9.84 Å². The van der Waals surface area contributed by atoms with E-state index in [9.17, 15) is 9.59 Å². The number of rotatable bonds is 6. The Balaban J connectivity index is 2.01. The molecular weight excluding hydrogens is 294 g/mol. The number of carboxylic acid groups (broad SMARTS) is 1. The summed E-state index contributed by atoms with van der Waals surface area (Å²) in [6.07, 6.45) is -0.641. The Bertz CT molecular complexity index is 670. The van der Waals surface area contributed by atoms with Gasteiger partial charge in [0.05, 0.1) is 0 Å². The highest BCUT2D eigenvalue weighted by atomic mass is 16.6. The summed E-state index contributed by atoms with van der Waals surface area (Å²) in [5.41, 5.74) is 2.77. The first-order chi connectivity index (χ1) is 11.0. The average Bonchev–Trinajstić information content (AvgIpc) is 2.52. The predicted molar refractivity (Wildman–Crippen MR) is 85.9 cm³/mol. The maximum Gasteiger partial charge on any atom is 0.410 e. The first kappa shape index (κ1) is 16.5. The van der Waals surface area contributed by atoms with Crippen LogP contribution in [0.5, 0.6) is 0 Å². The number of benzene rings is 2. The van der Waals surface area contributed by atoms with Crippen LogP contribution >= 0.6 is 0 Å². The standard InChI is InChI=1S/C18H19NO4/c1-14-6-5-9-16(10-14)11-19(12-17(20)21)18(22)23-13-15-7-3-2-4-8-15/h2-10H,11-13H2,1H3,(H,20,21). The summed E-state index contributed by atoms with van der Waals surface area (Å²) in [4.78, 5) is 24.4. The lowest BCUT2D eigenvalue weighted by Crippen LogP contribution is -2.35. The van der Waals surface area contributed by atoms with Gasteiger partial charge in [-0.1, -0.05) is 60.2 Å². The Morgan fingerprint density at radius 1 is 1.04 bits per heavy atom. The van der Waals surface area contributed by atoms with Gasteiger partial charge in [-0.15, -0.1) is 0 Å². The number of aliphatic carboxylic acids is 1. The van der Waals surface area contributed by atoms with E-state index in [1.54, 1.807) is 0 Å². The predicted octanol–water partition coefficient (Wildman–Crippen LogP) is 3.22. The SMILES string of the molecule is Cc1cccc(CN(CC(=O)O)C(=O)OCc2ccccc2)c1. The van der Waals surface area contributed by atoms with Gasteiger partial charge in [-0.2, -0.15) is 0 Å². The molecule has 1 N–H and O–H groups in total. The molecular formula is C18H19NO4. The first-order valence-corrected chi connectivity index (χ1v) is 7.27. The van der Waals surface area contributed by atoms with Crippen LogP contribution in [0.4, 0.5) is 4.79 Å². The number of nitrogens with zero attached hydrogens (tertiary/aromatic N) is 1. The molecule has 0 atom stereocenters. The maximum atomic E-state index is 12.2. The summed E-state index contributed by atoms with van der Waals surface area (Å²) in [5, 5.41) is 9.00. The number of carboxylic acids is 1. The van der Waals surface area contributed by atoms with Gasteiger partial charge in [-0.25, -0.2) is 4.79 Å². The molecule has 0 aromatic heterocycles. The highest BCUT2D eigenvalue weighted by Gasteiger charge is 2.18. The van der Waals surface area contributed by atoms with Gasteiger partial charge in [-0.3, -0.25) is 9.69 Å². The van der Waals surface area contributed by atoms with Crippen LogP contribution in [-0.2, 0) is 22.7 Å². The largest absolute Gasteiger partial charge is 0.480 e. The molecule has 0 fully saturated rings. The van der Waals surface area contributed by atoms with Crippen LogP contribution in [0.1, 0.15) is 16.7 Å². The van der Waals surface area contributed by atoms with Gasteiger partial charge in [-0.05, 0) is 18.1 Å². The van der Waals surface area contributed by atoms with Crippen LogP contribution < -0.4 is 0 Å². The third kappa shape index (κ3) is 5.47. The maximum absolute atomic E-state index is 12.2. The highest BCUT2D eigenvalue weighted by molar-refractivity contribution is 5.76. The lowest BCUT2D eigenvalue weighted by atomic mass is 10.1. The molecule has 2 aromatic rings. The molecule has 0 bridgehead atoms. The van der Waals surface area contributed by atoms with Crippen LogP contribution in [0.2, 0.25) is 0 Å². The Morgan fingerprint density at radius 3 is 2.39 bits per heavy atom. The zero-order valence-electron chi connectivity index (χ0n) is 12.9. The number of aryl methyl sites for hydroxylation is 1. The smallest absolute Gasteiger partial charge is 0.410 e. The first-order valence-electron chi connectivity index (χ1n) is 7.27. The van der Waals surface area contributed by atoms with Crippen LogP contribution in [0.25, 0.3) is 0 Å². The number of carbonyl (C=O) groups is 2. The summed E-state index contributed by atoms with van der Waals surface area (Å²) in [5.74, 6) is -1.07. The fourth-order valence-corrected chi connectivity index (χ4v) is 2.19. The van der Waals surface area contributed by atoms with Crippen molar-refractivity contribution in [3.05, 3.63) is 71.3 Å². The van der Waals surface area contributed by atoms with Crippen molar-refractivity contribution in [3.63, 3.8) is 0 Å². The van der Waals surface area contributed by atoms with E-state index in [2.05, 4.69) is 0 Å². The monoisotopic (exact) mass is 313 g/mol. The minimum atomic E-state index is -1.07. The molecule has 0 saturated carbocycles. The van der Waals surface area contributed by atoms with Gasteiger partial charge in [0.25, 0.3) is 0 Å². The Morgan fingerprint density at radius 2 is 1.74 bits per heavy atom. The van der Waals surface area contributed by atoms with Crippen LogP contribution in [0, 0.1) is 6.92 Å². The Kier molecular flexibility index (Phi) is 5.74. The number of ether oxygens (including phenoxy) is 1. The molecule has 1 amide bonds. The van der Waals surface area contributed by atoms with Crippen molar-refractivity contribution in [1.82, 2.24) is 4.90 Å². The van der Waals surface area contributed by atoms with Crippen molar-refractivity contribution in [2.24, 2.45) is 0 Å². The minimum Gasteiger partial charge on any atom is -0.480 e. The summed E-state index contributed by atoms with van der Waals surface area (Å²) >= 11 is 0. The molecule has 0 aliphatic carbocycles. The molecule has 0 heterocycles. The zero-order chi connectivity index (χ0) is 16.7. The second kappa shape index (κ2) is 7.98. The molecule has 0 saturated heterocycles. The highest BCUT2D eigenvalue weighted by Crippen LogP contribution is 2.10. The summed E-state index contributed by atoms with van der Waals surface area (Å²) in [6.45, 7) is 1.85. The van der Waals surface area contributed by atoms with Crippen molar-refractivity contribution in [3.8, 4) is 0 Å².